The number of amides is 3. The molecule has 0 aliphatic heterocycles. The van der Waals surface area contributed by atoms with Gasteiger partial charge in [0.05, 0.1) is 6.04 Å². The first-order valence-electron chi connectivity index (χ1n) is 7.13. The Morgan fingerprint density at radius 1 is 1.20 bits per heavy atom. The first kappa shape index (κ1) is 18.4. The summed E-state index contributed by atoms with van der Waals surface area (Å²) < 4.78 is 0. The summed E-state index contributed by atoms with van der Waals surface area (Å²) in [4.78, 5) is 34.2. The molecule has 0 aromatic heterocycles. The van der Waals surface area contributed by atoms with Crippen LogP contribution in [0.1, 0.15) is 47.0 Å². The molecule has 0 heterocycles. The number of primary amides is 1. The number of carbonyl (C=O) groups excluding carboxylic acids is 3. The van der Waals surface area contributed by atoms with Crippen molar-refractivity contribution in [3.8, 4) is 0 Å². The highest BCUT2D eigenvalue weighted by atomic mass is 16.2. The van der Waals surface area contributed by atoms with Crippen LogP contribution in [0, 0.1) is 11.8 Å². The van der Waals surface area contributed by atoms with E-state index in [9.17, 15) is 14.4 Å². The Morgan fingerprint density at radius 3 is 2.20 bits per heavy atom. The number of rotatable bonds is 9. The maximum absolute atomic E-state index is 12.1. The molecule has 6 heteroatoms. The van der Waals surface area contributed by atoms with Gasteiger partial charge in [0.15, 0.2) is 5.78 Å². The number of nitrogens with one attached hydrogen (secondary N) is 2. The zero-order valence-corrected chi connectivity index (χ0v) is 12.9. The van der Waals surface area contributed by atoms with Crippen LogP contribution in [-0.2, 0) is 9.59 Å². The SMILES string of the molecule is CCC(C(=O)N[C@@H](CCCNC(N)=O)C(C)=O)C(C)C. The monoisotopic (exact) mass is 285 g/mol. The molecule has 6 nitrogen and oxygen atoms in total. The number of ketones is 1. The Balaban J connectivity index is 4.36. The van der Waals surface area contributed by atoms with Gasteiger partial charge in [0.2, 0.25) is 5.91 Å². The molecule has 2 atom stereocenters. The maximum atomic E-state index is 12.1. The Bertz CT molecular complexity index is 343. The third kappa shape index (κ3) is 7.11. The molecule has 0 spiro atoms. The molecular weight excluding hydrogens is 258 g/mol. The number of hydrogen-bond donors (Lipinski definition) is 3. The van der Waals surface area contributed by atoms with Crippen LogP contribution in [0.15, 0.2) is 0 Å². The van der Waals surface area contributed by atoms with Crippen molar-refractivity contribution in [2.24, 2.45) is 17.6 Å². The van der Waals surface area contributed by atoms with Crippen molar-refractivity contribution >= 4 is 17.7 Å². The molecule has 0 fully saturated rings. The first-order valence-corrected chi connectivity index (χ1v) is 7.13. The van der Waals surface area contributed by atoms with E-state index in [1.807, 2.05) is 20.8 Å². The lowest BCUT2D eigenvalue weighted by molar-refractivity contribution is -0.130. The molecule has 0 aromatic carbocycles. The van der Waals surface area contributed by atoms with E-state index in [1.165, 1.54) is 6.92 Å². The molecule has 4 N–H and O–H groups in total. The lowest BCUT2D eigenvalue weighted by Gasteiger charge is -2.22. The fraction of sp³-hybridized carbons (Fsp3) is 0.786. The summed E-state index contributed by atoms with van der Waals surface area (Å²) in [6.07, 6.45) is 1.83. The van der Waals surface area contributed by atoms with Crippen LogP contribution in [0.3, 0.4) is 0 Å². The second-order valence-corrected chi connectivity index (χ2v) is 5.36. The summed E-state index contributed by atoms with van der Waals surface area (Å²) in [6, 6.07) is -1.08. The van der Waals surface area contributed by atoms with Crippen molar-refractivity contribution in [2.75, 3.05) is 6.54 Å². The summed E-state index contributed by atoms with van der Waals surface area (Å²) in [5, 5.41) is 5.26. The molecule has 20 heavy (non-hydrogen) atoms. The third-order valence-corrected chi connectivity index (χ3v) is 3.36. The van der Waals surface area contributed by atoms with E-state index in [0.717, 1.165) is 6.42 Å². The van der Waals surface area contributed by atoms with Crippen LogP contribution >= 0.6 is 0 Å². The Morgan fingerprint density at radius 2 is 1.80 bits per heavy atom. The summed E-state index contributed by atoms with van der Waals surface area (Å²) in [5.74, 6) is 0.00586. The van der Waals surface area contributed by atoms with Gasteiger partial charge in [-0.3, -0.25) is 9.59 Å². The highest BCUT2D eigenvalue weighted by Crippen LogP contribution is 2.15. The fourth-order valence-electron chi connectivity index (χ4n) is 2.13. The van der Waals surface area contributed by atoms with Crippen molar-refractivity contribution < 1.29 is 14.4 Å². The maximum Gasteiger partial charge on any atom is 0.312 e. The average molecular weight is 285 g/mol. The minimum Gasteiger partial charge on any atom is -0.352 e. The van der Waals surface area contributed by atoms with E-state index in [-0.39, 0.29) is 23.5 Å². The lowest BCUT2D eigenvalue weighted by Crippen LogP contribution is -2.44. The van der Waals surface area contributed by atoms with Crippen molar-refractivity contribution in [1.82, 2.24) is 10.6 Å². The van der Waals surface area contributed by atoms with Gasteiger partial charge in [-0.15, -0.1) is 0 Å². The summed E-state index contributed by atoms with van der Waals surface area (Å²) in [6.45, 7) is 7.81. The average Bonchev–Trinajstić information content (AvgIpc) is 2.32. The molecule has 0 rings (SSSR count). The largest absolute Gasteiger partial charge is 0.352 e. The van der Waals surface area contributed by atoms with E-state index < -0.39 is 12.1 Å². The molecular formula is C14H27N3O3. The van der Waals surface area contributed by atoms with Gasteiger partial charge >= 0.3 is 6.03 Å². The van der Waals surface area contributed by atoms with Gasteiger partial charge in [0.25, 0.3) is 0 Å². The highest BCUT2D eigenvalue weighted by Gasteiger charge is 2.24. The second-order valence-electron chi connectivity index (χ2n) is 5.36. The van der Waals surface area contributed by atoms with Crippen molar-refractivity contribution in [2.45, 2.75) is 53.0 Å². The molecule has 0 saturated carbocycles. The molecule has 0 aliphatic carbocycles. The van der Waals surface area contributed by atoms with Gasteiger partial charge in [0, 0.05) is 12.5 Å². The van der Waals surface area contributed by atoms with E-state index in [4.69, 9.17) is 5.73 Å². The first-order chi connectivity index (χ1) is 9.29. The van der Waals surface area contributed by atoms with Crippen LogP contribution in [-0.4, -0.2) is 30.3 Å². The van der Waals surface area contributed by atoms with Crippen molar-refractivity contribution in [3.63, 3.8) is 0 Å². The normalized spacial score (nSPS) is 13.7. The number of Topliss-reactive ketones (excluding diaryl/α,β-unsaturated/α-hetero) is 1. The predicted molar refractivity (Wildman–Crippen MR) is 78.1 cm³/mol. The van der Waals surface area contributed by atoms with Gasteiger partial charge in [-0.05, 0) is 32.1 Å². The lowest BCUT2D eigenvalue weighted by atomic mass is 9.92. The van der Waals surface area contributed by atoms with E-state index >= 15 is 0 Å². The molecule has 0 bridgehead atoms. The smallest absolute Gasteiger partial charge is 0.312 e. The highest BCUT2D eigenvalue weighted by molar-refractivity contribution is 5.88. The number of hydrogen-bond acceptors (Lipinski definition) is 3. The fourth-order valence-corrected chi connectivity index (χ4v) is 2.13. The summed E-state index contributed by atoms with van der Waals surface area (Å²) in [5.41, 5.74) is 4.95. The van der Waals surface area contributed by atoms with Crippen LogP contribution < -0.4 is 16.4 Å². The minimum absolute atomic E-state index is 0.0731. The van der Waals surface area contributed by atoms with E-state index in [1.54, 1.807) is 0 Å². The zero-order chi connectivity index (χ0) is 15.7. The van der Waals surface area contributed by atoms with Crippen molar-refractivity contribution in [3.05, 3.63) is 0 Å². The Hall–Kier alpha value is -1.59. The van der Waals surface area contributed by atoms with Crippen molar-refractivity contribution in [1.29, 1.82) is 0 Å². The standard InChI is InChI=1S/C14H27N3O3/c1-5-11(9(2)3)13(19)17-12(10(4)18)7-6-8-16-14(15)20/h9,11-12H,5-8H2,1-4H3,(H,17,19)(H3,15,16,20)/t11?,12-/m0/s1. The van der Waals surface area contributed by atoms with Gasteiger partial charge in [-0.2, -0.15) is 0 Å². The second kappa shape index (κ2) is 9.34. The molecule has 1 unspecified atom stereocenters. The van der Waals surface area contributed by atoms with Crippen LogP contribution in [0.25, 0.3) is 0 Å². The predicted octanol–water partition coefficient (Wildman–Crippen LogP) is 1.19. The Kier molecular flexibility index (Phi) is 8.59. The number of carbonyl (C=O) groups is 3. The molecule has 0 radical (unpaired) electrons. The van der Waals surface area contributed by atoms with Crippen LogP contribution in [0.5, 0.6) is 0 Å². The zero-order valence-electron chi connectivity index (χ0n) is 12.9. The van der Waals surface area contributed by atoms with E-state index in [0.29, 0.717) is 19.4 Å². The molecule has 0 aromatic rings. The number of urea groups is 1. The van der Waals surface area contributed by atoms with Gasteiger partial charge in [-0.25, -0.2) is 4.79 Å². The topological polar surface area (TPSA) is 101 Å². The van der Waals surface area contributed by atoms with E-state index in [2.05, 4.69) is 10.6 Å². The Labute approximate surface area is 120 Å². The molecule has 0 saturated heterocycles. The minimum atomic E-state index is -0.584. The third-order valence-electron chi connectivity index (χ3n) is 3.36. The molecule has 116 valence electrons. The molecule has 3 amide bonds. The molecule has 0 aliphatic rings. The quantitative estimate of drug-likeness (QED) is 0.555. The van der Waals surface area contributed by atoms with Gasteiger partial charge < -0.3 is 16.4 Å². The van der Waals surface area contributed by atoms with Crippen LogP contribution in [0.4, 0.5) is 4.79 Å². The summed E-state index contributed by atoms with van der Waals surface area (Å²) >= 11 is 0. The summed E-state index contributed by atoms with van der Waals surface area (Å²) in [7, 11) is 0. The number of nitrogens with two attached hydrogens (primary N) is 1. The van der Waals surface area contributed by atoms with Gasteiger partial charge in [0.1, 0.15) is 0 Å². The van der Waals surface area contributed by atoms with Crippen LogP contribution in [0.2, 0.25) is 0 Å². The van der Waals surface area contributed by atoms with Gasteiger partial charge in [-0.1, -0.05) is 20.8 Å².